The first kappa shape index (κ1) is 24.7. The Morgan fingerprint density at radius 2 is 1.76 bits per heavy atom. The molecule has 2 aromatic rings. The predicted octanol–water partition coefficient (Wildman–Crippen LogP) is 2.13. The van der Waals surface area contributed by atoms with E-state index in [2.05, 4.69) is 16.9 Å². The van der Waals surface area contributed by atoms with Crippen LogP contribution in [0.5, 0.6) is 17.2 Å². The van der Waals surface area contributed by atoms with Crippen LogP contribution in [-0.4, -0.2) is 57.7 Å². The van der Waals surface area contributed by atoms with Crippen molar-refractivity contribution < 1.29 is 28.5 Å². The molecule has 4 atom stereocenters. The molecule has 194 valence electrons. The average molecular weight is 508 g/mol. The van der Waals surface area contributed by atoms with Crippen LogP contribution in [0.3, 0.4) is 0 Å². The smallest absolute Gasteiger partial charge is 0.415 e. The molecule has 4 N–H and O–H groups in total. The second-order valence-electron chi connectivity index (χ2n) is 8.90. The van der Waals surface area contributed by atoms with Crippen LogP contribution in [-0.2, 0) is 9.47 Å². The standard InChI is InChI=1S/C26H29N5O6/c1-33-19-8-5-16(13-20(19)34-2)23-22-21(18(14-27)24(28)37-25(22)30-29-23)15-3-6-17(7-4-15)36-26(32)31-9-11-35-12-10-31/h3-8,13,21-23,25,29-30H,9-12,28H2,1-2H3. The van der Waals surface area contributed by atoms with Crippen LogP contribution in [0, 0.1) is 17.2 Å². The Morgan fingerprint density at radius 3 is 2.43 bits per heavy atom. The predicted molar refractivity (Wildman–Crippen MR) is 131 cm³/mol. The largest absolute Gasteiger partial charge is 0.493 e. The van der Waals surface area contributed by atoms with Gasteiger partial charge in [-0.1, -0.05) is 18.2 Å². The van der Waals surface area contributed by atoms with Crippen molar-refractivity contribution in [2.45, 2.75) is 18.2 Å². The number of carbonyl (C=O) groups is 1. The van der Waals surface area contributed by atoms with Crippen LogP contribution < -0.4 is 30.8 Å². The van der Waals surface area contributed by atoms with Crippen LogP contribution in [0.2, 0.25) is 0 Å². The van der Waals surface area contributed by atoms with Crippen molar-refractivity contribution in [2.24, 2.45) is 11.7 Å². The topological polar surface area (TPSA) is 140 Å². The molecule has 3 heterocycles. The molecule has 1 amide bonds. The lowest BCUT2D eigenvalue weighted by atomic mass is 9.74. The summed E-state index contributed by atoms with van der Waals surface area (Å²) in [7, 11) is 3.17. The number of fused-ring (bicyclic) bond motifs is 1. The summed E-state index contributed by atoms with van der Waals surface area (Å²) in [6.45, 7) is 1.98. The first-order valence-electron chi connectivity index (χ1n) is 12.0. The Kier molecular flexibility index (Phi) is 7.05. The number of hydrogen-bond acceptors (Lipinski definition) is 10. The average Bonchev–Trinajstić information content (AvgIpc) is 3.36. The van der Waals surface area contributed by atoms with Gasteiger partial charge in [0.15, 0.2) is 17.7 Å². The second kappa shape index (κ2) is 10.6. The van der Waals surface area contributed by atoms with Crippen molar-refractivity contribution in [3.63, 3.8) is 0 Å². The lowest BCUT2D eigenvalue weighted by Crippen LogP contribution is -2.42. The molecule has 0 bridgehead atoms. The molecule has 0 saturated carbocycles. The van der Waals surface area contributed by atoms with Crippen molar-refractivity contribution >= 4 is 6.09 Å². The molecule has 4 unspecified atom stereocenters. The summed E-state index contributed by atoms with van der Waals surface area (Å²) in [5.41, 5.74) is 14.7. The number of morpholine rings is 1. The number of hydrogen-bond donors (Lipinski definition) is 3. The number of hydrazine groups is 1. The molecular weight excluding hydrogens is 478 g/mol. The number of nitriles is 1. The quantitative estimate of drug-likeness (QED) is 0.551. The first-order valence-corrected chi connectivity index (χ1v) is 12.0. The number of benzene rings is 2. The van der Waals surface area contributed by atoms with Crippen molar-refractivity contribution in [2.75, 3.05) is 40.5 Å². The number of allylic oxidation sites excluding steroid dienone is 1. The zero-order valence-electron chi connectivity index (χ0n) is 20.6. The number of amides is 1. The van der Waals surface area contributed by atoms with Crippen LogP contribution in [0.1, 0.15) is 23.1 Å². The van der Waals surface area contributed by atoms with E-state index in [0.717, 1.165) is 11.1 Å². The van der Waals surface area contributed by atoms with Gasteiger partial charge in [0.25, 0.3) is 0 Å². The molecule has 2 saturated heterocycles. The fourth-order valence-corrected chi connectivity index (χ4v) is 5.08. The fourth-order valence-electron chi connectivity index (χ4n) is 5.08. The van der Waals surface area contributed by atoms with E-state index < -0.39 is 12.3 Å². The van der Waals surface area contributed by atoms with E-state index in [1.165, 1.54) is 0 Å². The molecule has 2 fully saturated rings. The highest BCUT2D eigenvalue weighted by Crippen LogP contribution is 2.48. The number of carbonyl (C=O) groups excluding carboxylic acids is 1. The third kappa shape index (κ3) is 4.74. The highest BCUT2D eigenvalue weighted by atomic mass is 16.6. The minimum absolute atomic E-state index is 0.0823. The molecular formula is C26H29N5O6. The molecule has 5 rings (SSSR count). The highest BCUT2D eigenvalue weighted by Gasteiger charge is 2.49. The maximum Gasteiger partial charge on any atom is 0.415 e. The Balaban J connectivity index is 1.44. The molecule has 11 heteroatoms. The van der Waals surface area contributed by atoms with Crippen molar-refractivity contribution in [1.82, 2.24) is 15.8 Å². The highest BCUT2D eigenvalue weighted by molar-refractivity contribution is 5.70. The van der Waals surface area contributed by atoms with E-state index in [4.69, 9.17) is 29.4 Å². The monoisotopic (exact) mass is 507 g/mol. The van der Waals surface area contributed by atoms with Crippen molar-refractivity contribution in [3.8, 4) is 23.3 Å². The number of nitrogens with one attached hydrogen (secondary N) is 2. The van der Waals surface area contributed by atoms with Crippen LogP contribution in [0.25, 0.3) is 0 Å². The number of nitrogens with two attached hydrogens (primary N) is 1. The molecule has 0 aromatic heterocycles. The zero-order valence-corrected chi connectivity index (χ0v) is 20.6. The summed E-state index contributed by atoms with van der Waals surface area (Å²) in [6, 6.07) is 14.9. The van der Waals surface area contributed by atoms with Gasteiger partial charge in [-0.05, 0) is 35.4 Å². The number of rotatable bonds is 5. The number of methoxy groups -OCH3 is 2. The third-order valence-electron chi connectivity index (χ3n) is 6.93. The summed E-state index contributed by atoms with van der Waals surface area (Å²) in [6.07, 6.45) is -0.888. The van der Waals surface area contributed by atoms with Gasteiger partial charge in [0.05, 0.1) is 39.0 Å². The van der Waals surface area contributed by atoms with Gasteiger partial charge in [-0.25, -0.2) is 15.6 Å². The van der Waals surface area contributed by atoms with Crippen LogP contribution in [0.4, 0.5) is 4.79 Å². The summed E-state index contributed by atoms with van der Waals surface area (Å²) in [5, 5.41) is 10.0. The SMILES string of the molecule is COc1ccc(C2NNC3OC(N)=C(C#N)C(c4ccc(OC(=O)N5CCOCC5)cc4)C32)cc1OC. The normalized spacial score (nSPS) is 25.1. The van der Waals surface area contributed by atoms with E-state index in [0.29, 0.717) is 49.1 Å². The van der Waals surface area contributed by atoms with Gasteiger partial charge in [0.2, 0.25) is 5.88 Å². The van der Waals surface area contributed by atoms with Crippen LogP contribution >= 0.6 is 0 Å². The van der Waals surface area contributed by atoms with Crippen molar-refractivity contribution in [3.05, 3.63) is 65.0 Å². The summed E-state index contributed by atoms with van der Waals surface area (Å²) < 4.78 is 27.6. The molecule has 2 aromatic carbocycles. The lowest BCUT2D eigenvalue weighted by Gasteiger charge is -2.36. The summed E-state index contributed by atoms with van der Waals surface area (Å²) in [5.74, 6) is 1.11. The maximum absolute atomic E-state index is 12.5. The minimum Gasteiger partial charge on any atom is -0.493 e. The fraction of sp³-hybridized carbons (Fsp3) is 0.385. The van der Waals surface area contributed by atoms with Gasteiger partial charge in [-0.3, -0.25) is 0 Å². The van der Waals surface area contributed by atoms with Crippen molar-refractivity contribution in [1.29, 1.82) is 5.26 Å². The van der Waals surface area contributed by atoms with Gasteiger partial charge in [0.1, 0.15) is 11.8 Å². The zero-order chi connectivity index (χ0) is 25.9. The van der Waals surface area contributed by atoms with E-state index in [1.807, 2.05) is 30.3 Å². The second-order valence-corrected chi connectivity index (χ2v) is 8.90. The number of nitrogens with zero attached hydrogens (tertiary/aromatic N) is 2. The molecule has 37 heavy (non-hydrogen) atoms. The minimum atomic E-state index is -0.473. The molecule has 0 spiro atoms. The van der Waals surface area contributed by atoms with Gasteiger partial charge in [-0.2, -0.15) is 5.26 Å². The van der Waals surface area contributed by atoms with E-state index >= 15 is 0 Å². The lowest BCUT2D eigenvalue weighted by molar-refractivity contribution is 0.0340. The molecule has 3 aliphatic heterocycles. The molecule has 11 nitrogen and oxygen atoms in total. The molecule has 3 aliphatic rings. The van der Waals surface area contributed by atoms with Gasteiger partial charge in [-0.15, -0.1) is 0 Å². The van der Waals surface area contributed by atoms with Gasteiger partial charge < -0.3 is 34.3 Å². The van der Waals surface area contributed by atoms with Gasteiger partial charge >= 0.3 is 6.09 Å². The Bertz CT molecular complexity index is 1220. The van der Waals surface area contributed by atoms with E-state index in [1.54, 1.807) is 31.3 Å². The third-order valence-corrected chi connectivity index (χ3v) is 6.93. The van der Waals surface area contributed by atoms with E-state index in [-0.39, 0.29) is 23.8 Å². The first-order chi connectivity index (χ1) is 18.0. The number of ether oxygens (including phenoxy) is 5. The Morgan fingerprint density at radius 1 is 1.05 bits per heavy atom. The van der Waals surface area contributed by atoms with E-state index in [9.17, 15) is 10.1 Å². The molecule has 0 radical (unpaired) electrons. The Labute approximate surface area is 214 Å². The molecule has 0 aliphatic carbocycles. The van der Waals surface area contributed by atoms with Gasteiger partial charge in [0, 0.05) is 24.9 Å². The Hall–Kier alpha value is -3.98. The summed E-state index contributed by atoms with van der Waals surface area (Å²) >= 11 is 0. The van der Waals surface area contributed by atoms with Crippen LogP contribution in [0.15, 0.2) is 53.9 Å². The summed E-state index contributed by atoms with van der Waals surface area (Å²) in [4.78, 5) is 14.1. The maximum atomic E-state index is 12.5.